The number of hydrogen-bond acceptors (Lipinski definition) is 3. The summed E-state index contributed by atoms with van der Waals surface area (Å²) < 4.78 is 4.95. The number of halogens is 1. The summed E-state index contributed by atoms with van der Waals surface area (Å²) in [5.74, 6) is -0.347. The Morgan fingerprint density at radius 2 is 2.29 bits per heavy atom. The summed E-state index contributed by atoms with van der Waals surface area (Å²) in [6.07, 6.45) is 0. The first kappa shape index (κ1) is 12.3. The van der Waals surface area contributed by atoms with Gasteiger partial charge in [-0.05, 0) is 32.0 Å². The predicted molar refractivity (Wildman–Crippen MR) is 71.8 cm³/mol. The van der Waals surface area contributed by atoms with Gasteiger partial charge in [0, 0.05) is 11.3 Å². The minimum Gasteiger partial charge on any atom is -0.462 e. The second-order valence-electron chi connectivity index (χ2n) is 3.94. The van der Waals surface area contributed by atoms with E-state index < -0.39 is 4.87 Å². The maximum Gasteiger partial charge on any atom is 0.338 e. The maximum atomic E-state index is 11.6. The Labute approximate surface area is 110 Å². The van der Waals surface area contributed by atoms with Crippen LogP contribution in [0.1, 0.15) is 29.8 Å². The second kappa shape index (κ2) is 4.27. The third-order valence-electron chi connectivity index (χ3n) is 2.71. The molecule has 0 spiro atoms. The Bertz CT molecular complexity index is 499. The first-order chi connectivity index (χ1) is 7.96. The van der Waals surface area contributed by atoms with E-state index in [-0.39, 0.29) is 5.97 Å². The van der Waals surface area contributed by atoms with Crippen LogP contribution in [0.4, 0.5) is 5.69 Å². The molecule has 1 unspecified atom stereocenters. The molecule has 90 valence electrons. The van der Waals surface area contributed by atoms with E-state index in [0.29, 0.717) is 17.2 Å². The zero-order valence-corrected chi connectivity index (χ0v) is 11.1. The molecule has 17 heavy (non-hydrogen) atoms. The van der Waals surface area contributed by atoms with Crippen LogP contribution >= 0.6 is 23.8 Å². The first-order valence-electron chi connectivity index (χ1n) is 5.29. The number of esters is 1. The van der Waals surface area contributed by atoms with E-state index in [1.807, 2.05) is 6.92 Å². The summed E-state index contributed by atoms with van der Waals surface area (Å²) in [6.45, 7) is 3.93. The molecule has 5 heteroatoms. The lowest BCUT2D eigenvalue weighted by molar-refractivity contribution is 0.0526. The Morgan fingerprint density at radius 3 is 2.94 bits per heavy atom. The summed E-state index contributed by atoms with van der Waals surface area (Å²) in [4.78, 5) is 11.4. The molecule has 1 aliphatic rings. The molecule has 1 heterocycles. The monoisotopic (exact) mass is 269 g/mol. The Balaban J connectivity index is 2.42. The Kier molecular flexibility index (Phi) is 3.10. The van der Waals surface area contributed by atoms with Gasteiger partial charge in [0.05, 0.1) is 12.2 Å². The molecule has 2 rings (SSSR count). The fourth-order valence-corrected chi connectivity index (χ4v) is 2.17. The van der Waals surface area contributed by atoms with E-state index in [1.54, 1.807) is 25.1 Å². The van der Waals surface area contributed by atoms with Crippen LogP contribution < -0.4 is 5.32 Å². The summed E-state index contributed by atoms with van der Waals surface area (Å²) >= 11 is 11.5. The van der Waals surface area contributed by atoms with Crippen molar-refractivity contribution in [3.63, 3.8) is 0 Å². The number of carbonyl (C=O) groups excluding carboxylic acids is 1. The third kappa shape index (κ3) is 2.03. The summed E-state index contributed by atoms with van der Waals surface area (Å²) in [7, 11) is 0. The van der Waals surface area contributed by atoms with Gasteiger partial charge in [-0.25, -0.2) is 4.79 Å². The first-order valence-corrected chi connectivity index (χ1v) is 6.07. The molecular formula is C12H12ClNO2S. The van der Waals surface area contributed by atoms with Gasteiger partial charge in [-0.15, -0.1) is 11.6 Å². The predicted octanol–water partition coefficient (Wildman–Crippen LogP) is 3.07. The van der Waals surface area contributed by atoms with Crippen LogP contribution in [-0.4, -0.2) is 17.6 Å². The van der Waals surface area contributed by atoms with Crippen molar-refractivity contribution in [2.45, 2.75) is 18.7 Å². The zero-order valence-electron chi connectivity index (χ0n) is 9.54. The number of anilines is 1. The summed E-state index contributed by atoms with van der Waals surface area (Å²) in [5, 5.41) is 3.03. The number of ether oxygens (including phenoxy) is 1. The van der Waals surface area contributed by atoms with Gasteiger partial charge in [0.2, 0.25) is 0 Å². The van der Waals surface area contributed by atoms with Gasteiger partial charge in [-0.3, -0.25) is 0 Å². The Morgan fingerprint density at radius 1 is 1.59 bits per heavy atom. The molecule has 1 aromatic carbocycles. The van der Waals surface area contributed by atoms with Crippen LogP contribution in [-0.2, 0) is 9.61 Å². The fourth-order valence-electron chi connectivity index (χ4n) is 1.75. The van der Waals surface area contributed by atoms with Crippen molar-refractivity contribution >= 4 is 40.5 Å². The topological polar surface area (TPSA) is 38.3 Å². The van der Waals surface area contributed by atoms with Gasteiger partial charge < -0.3 is 10.1 Å². The molecule has 1 N–H and O–H groups in total. The van der Waals surface area contributed by atoms with Gasteiger partial charge in [0.25, 0.3) is 0 Å². The highest BCUT2D eigenvalue weighted by Gasteiger charge is 2.38. The van der Waals surface area contributed by atoms with Crippen LogP contribution in [0.15, 0.2) is 18.2 Å². The number of carbonyl (C=O) groups is 1. The van der Waals surface area contributed by atoms with Gasteiger partial charge in [0.15, 0.2) is 0 Å². The van der Waals surface area contributed by atoms with E-state index >= 15 is 0 Å². The maximum absolute atomic E-state index is 11.6. The lowest BCUT2D eigenvalue weighted by atomic mass is 10.00. The van der Waals surface area contributed by atoms with E-state index in [1.165, 1.54) is 0 Å². The quantitative estimate of drug-likeness (QED) is 0.509. The summed E-state index contributed by atoms with van der Waals surface area (Å²) in [6, 6.07) is 5.22. The van der Waals surface area contributed by atoms with Crippen LogP contribution in [0.25, 0.3) is 0 Å². The second-order valence-corrected chi connectivity index (χ2v) is 5.10. The molecule has 0 saturated carbocycles. The third-order valence-corrected chi connectivity index (χ3v) is 3.73. The molecule has 0 aromatic heterocycles. The van der Waals surface area contributed by atoms with E-state index in [0.717, 1.165) is 11.3 Å². The number of nitrogens with one attached hydrogen (secondary N) is 1. The number of hydrogen-bond donors (Lipinski definition) is 1. The molecule has 0 amide bonds. The van der Waals surface area contributed by atoms with Crippen molar-refractivity contribution in [3.05, 3.63) is 29.3 Å². The highest BCUT2D eigenvalue weighted by atomic mass is 35.5. The van der Waals surface area contributed by atoms with Gasteiger partial charge >= 0.3 is 5.97 Å². The highest BCUT2D eigenvalue weighted by molar-refractivity contribution is 7.81. The number of fused-ring (bicyclic) bond motifs is 1. The van der Waals surface area contributed by atoms with Crippen molar-refractivity contribution in [2.24, 2.45) is 0 Å². The van der Waals surface area contributed by atoms with Crippen molar-refractivity contribution in [1.29, 1.82) is 0 Å². The van der Waals surface area contributed by atoms with Crippen LogP contribution in [0.3, 0.4) is 0 Å². The number of thiocarbonyl (C=S) groups is 1. The normalized spacial score (nSPS) is 21.9. The molecule has 3 nitrogen and oxygen atoms in total. The SMILES string of the molecule is CCOC(=O)c1ccc2c(c1)C(C)(Cl)C(=S)N2. The zero-order chi connectivity index (χ0) is 12.6. The lowest BCUT2D eigenvalue weighted by Gasteiger charge is -2.15. The Hall–Kier alpha value is -1.13. The van der Waals surface area contributed by atoms with Crippen LogP contribution in [0.5, 0.6) is 0 Å². The molecule has 0 fully saturated rings. The number of rotatable bonds is 2. The molecule has 0 aliphatic carbocycles. The molecule has 0 radical (unpaired) electrons. The number of alkyl halides is 1. The molecule has 1 atom stereocenters. The highest BCUT2D eigenvalue weighted by Crippen LogP contribution is 2.41. The van der Waals surface area contributed by atoms with E-state index in [9.17, 15) is 4.79 Å². The van der Waals surface area contributed by atoms with Crippen molar-refractivity contribution in [1.82, 2.24) is 0 Å². The van der Waals surface area contributed by atoms with Crippen molar-refractivity contribution < 1.29 is 9.53 Å². The molecule has 1 aliphatic heterocycles. The van der Waals surface area contributed by atoms with Crippen LogP contribution in [0.2, 0.25) is 0 Å². The van der Waals surface area contributed by atoms with Gasteiger partial charge in [-0.2, -0.15) is 0 Å². The lowest BCUT2D eigenvalue weighted by Crippen LogP contribution is -2.22. The van der Waals surface area contributed by atoms with Crippen molar-refractivity contribution in [3.8, 4) is 0 Å². The largest absolute Gasteiger partial charge is 0.462 e. The molecule has 0 bridgehead atoms. The summed E-state index contributed by atoms with van der Waals surface area (Å²) in [5.41, 5.74) is 2.15. The molecule has 0 saturated heterocycles. The minimum absolute atomic E-state index is 0.347. The van der Waals surface area contributed by atoms with E-state index in [2.05, 4.69) is 5.32 Å². The average molecular weight is 270 g/mol. The van der Waals surface area contributed by atoms with E-state index in [4.69, 9.17) is 28.6 Å². The average Bonchev–Trinajstić information content (AvgIpc) is 2.50. The standard InChI is InChI=1S/C12H12ClNO2S/c1-3-16-10(15)7-4-5-9-8(6-7)12(2,13)11(17)14-9/h4-6H,3H2,1-2H3,(H,14,17). The molecule has 1 aromatic rings. The van der Waals surface area contributed by atoms with Crippen LogP contribution in [0, 0.1) is 0 Å². The number of benzene rings is 1. The fraction of sp³-hybridized carbons (Fsp3) is 0.333. The molecular weight excluding hydrogens is 258 g/mol. The van der Waals surface area contributed by atoms with Gasteiger partial charge in [0.1, 0.15) is 9.86 Å². The van der Waals surface area contributed by atoms with Gasteiger partial charge in [-0.1, -0.05) is 12.2 Å². The smallest absolute Gasteiger partial charge is 0.338 e. The minimum atomic E-state index is -0.757. The van der Waals surface area contributed by atoms with Crippen molar-refractivity contribution in [2.75, 3.05) is 11.9 Å².